The van der Waals surface area contributed by atoms with Crippen LogP contribution in [-0.2, 0) is 6.54 Å². The highest BCUT2D eigenvalue weighted by atomic mass is 14.9. The lowest BCUT2D eigenvalue weighted by atomic mass is 10.0. The van der Waals surface area contributed by atoms with Crippen LogP contribution in [0.25, 0.3) is 0 Å². The first kappa shape index (κ1) is 13.3. The summed E-state index contributed by atoms with van der Waals surface area (Å²) in [6, 6.07) is 18.7. The molecule has 0 saturated heterocycles. The lowest BCUT2D eigenvalue weighted by Crippen LogP contribution is -2.18. The summed E-state index contributed by atoms with van der Waals surface area (Å²) in [5, 5.41) is 12.5. The third-order valence-electron chi connectivity index (χ3n) is 3.28. The van der Waals surface area contributed by atoms with Crippen molar-refractivity contribution in [3.63, 3.8) is 0 Å². The van der Waals surface area contributed by atoms with E-state index in [4.69, 9.17) is 5.26 Å². The first-order valence-corrected chi connectivity index (χ1v) is 6.48. The highest BCUT2D eigenvalue weighted by Gasteiger charge is 2.06. The second-order valence-corrected chi connectivity index (χ2v) is 4.79. The molecule has 0 heterocycles. The molecule has 2 aromatic carbocycles. The van der Waals surface area contributed by atoms with E-state index in [0.29, 0.717) is 6.54 Å². The van der Waals surface area contributed by atoms with E-state index in [1.807, 2.05) is 24.3 Å². The molecule has 0 bridgehead atoms. The lowest BCUT2D eigenvalue weighted by Gasteiger charge is -2.15. The number of nitrogens with zero attached hydrogens (tertiary/aromatic N) is 1. The topological polar surface area (TPSA) is 35.8 Å². The Bertz CT molecular complexity index is 596. The molecule has 0 aromatic heterocycles. The molecule has 0 aliphatic rings. The summed E-state index contributed by atoms with van der Waals surface area (Å²) in [4.78, 5) is 0. The maximum Gasteiger partial charge on any atom is 0.0995 e. The van der Waals surface area contributed by atoms with E-state index < -0.39 is 0 Å². The summed E-state index contributed by atoms with van der Waals surface area (Å²) in [6.07, 6.45) is 0. The SMILES string of the molecule is Cc1cccc([C@H](C)NCc2ccccc2C#N)c1. The van der Waals surface area contributed by atoms with Crippen molar-refractivity contribution in [2.75, 3.05) is 0 Å². The highest BCUT2D eigenvalue weighted by Crippen LogP contribution is 2.15. The van der Waals surface area contributed by atoms with Gasteiger partial charge in [0.15, 0.2) is 0 Å². The number of rotatable bonds is 4. The Hall–Kier alpha value is -2.11. The van der Waals surface area contributed by atoms with Crippen molar-refractivity contribution >= 4 is 0 Å². The van der Waals surface area contributed by atoms with Crippen LogP contribution in [0.5, 0.6) is 0 Å². The van der Waals surface area contributed by atoms with E-state index in [2.05, 4.69) is 49.5 Å². The van der Waals surface area contributed by atoms with E-state index in [-0.39, 0.29) is 6.04 Å². The van der Waals surface area contributed by atoms with Gasteiger partial charge in [0.1, 0.15) is 0 Å². The van der Waals surface area contributed by atoms with Gasteiger partial charge >= 0.3 is 0 Å². The molecule has 0 unspecified atom stereocenters. The first-order chi connectivity index (χ1) is 9.20. The molecule has 0 spiro atoms. The van der Waals surface area contributed by atoms with Gasteiger partial charge in [-0.3, -0.25) is 0 Å². The summed E-state index contributed by atoms with van der Waals surface area (Å²) in [5.74, 6) is 0. The predicted octanol–water partition coefficient (Wildman–Crippen LogP) is 3.72. The normalized spacial score (nSPS) is 11.8. The van der Waals surface area contributed by atoms with Crippen molar-refractivity contribution in [1.82, 2.24) is 5.32 Å². The van der Waals surface area contributed by atoms with Gasteiger partial charge in [-0.1, -0.05) is 48.0 Å². The Balaban J connectivity index is 2.05. The average molecular weight is 250 g/mol. The van der Waals surface area contributed by atoms with Crippen molar-refractivity contribution < 1.29 is 0 Å². The molecule has 19 heavy (non-hydrogen) atoms. The van der Waals surface area contributed by atoms with E-state index >= 15 is 0 Å². The van der Waals surface area contributed by atoms with Gasteiger partial charge < -0.3 is 5.32 Å². The van der Waals surface area contributed by atoms with Gasteiger partial charge in [0.05, 0.1) is 11.6 Å². The second kappa shape index (κ2) is 6.17. The zero-order chi connectivity index (χ0) is 13.7. The van der Waals surface area contributed by atoms with Gasteiger partial charge in [0.25, 0.3) is 0 Å². The Kier molecular flexibility index (Phi) is 4.33. The Morgan fingerprint density at radius 3 is 2.68 bits per heavy atom. The van der Waals surface area contributed by atoms with Crippen LogP contribution in [-0.4, -0.2) is 0 Å². The van der Waals surface area contributed by atoms with Gasteiger partial charge in [0.2, 0.25) is 0 Å². The number of nitrogens with one attached hydrogen (secondary N) is 1. The molecule has 1 atom stereocenters. The maximum absolute atomic E-state index is 9.06. The quantitative estimate of drug-likeness (QED) is 0.897. The molecule has 0 amide bonds. The summed E-state index contributed by atoms with van der Waals surface area (Å²) >= 11 is 0. The number of hydrogen-bond acceptors (Lipinski definition) is 2. The minimum Gasteiger partial charge on any atom is -0.306 e. The van der Waals surface area contributed by atoms with E-state index in [1.54, 1.807) is 0 Å². The van der Waals surface area contributed by atoms with Gasteiger partial charge in [-0.05, 0) is 31.0 Å². The van der Waals surface area contributed by atoms with Crippen molar-refractivity contribution in [2.24, 2.45) is 0 Å². The summed E-state index contributed by atoms with van der Waals surface area (Å²) in [7, 11) is 0. The molecule has 2 aromatic rings. The van der Waals surface area contributed by atoms with E-state index in [0.717, 1.165) is 11.1 Å². The summed E-state index contributed by atoms with van der Waals surface area (Å²) < 4.78 is 0. The molecule has 0 radical (unpaired) electrons. The molecular formula is C17H18N2. The van der Waals surface area contributed by atoms with Crippen LogP contribution >= 0.6 is 0 Å². The Morgan fingerprint density at radius 1 is 1.16 bits per heavy atom. The minimum absolute atomic E-state index is 0.270. The van der Waals surface area contributed by atoms with Gasteiger partial charge in [-0.25, -0.2) is 0 Å². The van der Waals surface area contributed by atoms with Gasteiger partial charge in [-0.2, -0.15) is 5.26 Å². The molecule has 96 valence electrons. The van der Waals surface area contributed by atoms with Crippen molar-refractivity contribution in [3.8, 4) is 6.07 Å². The molecule has 2 heteroatoms. The van der Waals surface area contributed by atoms with Crippen LogP contribution in [0.2, 0.25) is 0 Å². The zero-order valence-electron chi connectivity index (χ0n) is 11.4. The van der Waals surface area contributed by atoms with E-state index in [9.17, 15) is 0 Å². The molecule has 2 rings (SSSR count). The fraction of sp³-hybridized carbons (Fsp3) is 0.235. The number of aryl methyl sites for hydroxylation is 1. The maximum atomic E-state index is 9.06. The monoisotopic (exact) mass is 250 g/mol. The standard InChI is InChI=1S/C17H18N2/c1-13-6-5-9-15(10-13)14(2)19-12-17-8-4-3-7-16(17)11-18/h3-10,14,19H,12H2,1-2H3/t14-/m0/s1. The third-order valence-corrected chi connectivity index (χ3v) is 3.28. The molecular weight excluding hydrogens is 232 g/mol. The Labute approximate surface area is 114 Å². The summed E-state index contributed by atoms with van der Waals surface area (Å²) in [6.45, 7) is 4.95. The van der Waals surface area contributed by atoms with Gasteiger partial charge in [-0.15, -0.1) is 0 Å². The number of nitriles is 1. The van der Waals surface area contributed by atoms with Crippen LogP contribution in [0.4, 0.5) is 0 Å². The largest absolute Gasteiger partial charge is 0.306 e. The van der Waals surface area contributed by atoms with Crippen LogP contribution < -0.4 is 5.32 Å². The first-order valence-electron chi connectivity index (χ1n) is 6.48. The molecule has 0 saturated carbocycles. The van der Waals surface area contributed by atoms with Crippen LogP contribution in [0.3, 0.4) is 0 Å². The summed E-state index contributed by atoms with van der Waals surface area (Å²) in [5.41, 5.74) is 4.33. The molecule has 0 fully saturated rings. The molecule has 2 nitrogen and oxygen atoms in total. The molecule has 1 N–H and O–H groups in total. The molecule has 0 aliphatic carbocycles. The highest BCUT2D eigenvalue weighted by molar-refractivity contribution is 5.37. The zero-order valence-corrected chi connectivity index (χ0v) is 11.4. The lowest BCUT2D eigenvalue weighted by molar-refractivity contribution is 0.574. The second-order valence-electron chi connectivity index (χ2n) is 4.79. The fourth-order valence-corrected chi connectivity index (χ4v) is 2.10. The predicted molar refractivity (Wildman–Crippen MR) is 77.6 cm³/mol. The minimum atomic E-state index is 0.270. The number of hydrogen-bond donors (Lipinski definition) is 1. The van der Waals surface area contributed by atoms with Crippen LogP contribution in [0.15, 0.2) is 48.5 Å². The van der Waals surface area contributed by atoms with Crippen molar-refractivity contribution in [1.29, 1.82) is 5.26 Å². The Morgan fingerprint density at radius 2 is 1.95 bits per heavy atom. The van der Waals surface area contributed by atoms with Crippen LogP contribution in [0, 0.1) is 18.3 Å². The van der Waals surface area contributed by atoms with Crippen molar-refractivity contribution in [3.05, 3.63) is 70.8 Å². The third kappa shape index (κ3) is 3.43. The van der Waals surface area contributed by atoms with Gasteiger partial charge in [0, 0.05) is 12.6 Å². The van der Waals surface area contributed by atoms with Crippen LogP contribution in [0.1, 0.15) is 35.2 Å². The number of benzene rings is 2. The molecule has 0 aliphatic heterocycles. The average Bonchev–Trinajstić information content (AvgIpc) is 2.45. The van der Waals surface area contributed by atoms with E-state index in [1.165, 1.54) is 11.1 Å². The fourth-order valence-electron chi connectivity index (χ4n) is 2.10. The van der Waals surface area contributed by atoms with Crippen molar-refractivity contribution in [2.45, 2.75) is 26.4 Å². The smallest absolute Gasteiger partial charge is 0.0995 e.